The lowest BCUT2D eigenvalue weighted by Crippen LogP contribution is -2.46. The summed E-state index contributed by atoms with van der Waals surface area (Å²) in [5.74, 6) is 0.310. The van der Waals surface area contributed by atoms with Gasteiger partial charge in [0.2, 0.25) is 5.91 Å². The van der Waals surface area contributed by atoms with E-state index in [1.165, 1.54) is 4.90 Å². The largest absolute Gasteiger partial charge is 0.472 e. The maximum Gasteiger partial charge on any atom is 0.228 e. The maximum absolute atomic E-state index is 12.2. The van der Waals surface area contributed by atoms with Crippen LogP contribution in [0.25, 0.3) is 16.8 Å². The lowest BCUT2D eigenvalue weighted by atomic mass is 9.77. The Hall–Kier alpha value is -2.89. The maximum atomic E-state index is 12.2. The van der Waals surface area contributed by atoms with Gasteiger partial charge in [-0.1, -0.05) is 6.92 Å². The first-order valence-corrected chi connectivity index (χ1v) is 7.82. The minimum absolute atomic E-state index is 0.0327. The van der Waals surface area contributed by atoms with Crippen molar-refractivity contribution >= 4 is 17.4 Å². The first kappa shape index (κ1) is 14.7. The van der Waals surface area contributed by atoms with Crippen LogP contribution in [0, 0.1) is 5.41 Å². The fourth-order valence-electron chi connectivity index (χ4n) is 3.36. The van der Waals surface area contributed by atoms with Crippen molar-refractivity contribution < 1.29 is 9.21 Å². The number of amides is 1. The molecule has 1 aliphatic rings. The molecule has 6 heteroatoms. The van der Waals surface area contributed by atoms with Crippen LogP contribution in [0.5, 0.6) is 0 Å². The number of hydrogen-bond donors (Lipinski definition) is 1. The van der Waals surface area contributed by atoms with Crippen LogP contribution in [0.15, 0.2) is 47.5 Å². The van der Waals surface area contributed by atoms with Crippen LogP contribution in [-0.2, 0) is 10.2 Å². The molecule has 4 rings (SSSR count). The number of amidine groups is 1. The average molecular weight is 322 g/mol. The first-order chi connectivity index (χ1) is 11.5. The van der Waals surface area contributed by atoms with Crippen LogP contribution in [0.4, 0.5) is 0 Å². The van der Waals surface area contributed by atoms with Crippen molar-refractivity contribution in [3.05, 3.63) is 48.8 Å². The number of rotatable bonds is 2. The van der Waals surface area contributed by atoms with E-state index in [-0.39, 0.29) is 5.91 Å². The molecule has 0 aliphatic carbocycles. The SMILES string of the molecule is CN1C(=N)C[C@](C)(c2cnc3ccc(-c4ccoc4)cn23)CC1=O. The zero-order valence-electron chi connectivity index (χ0n) is 13.6. The Morgan fingerprint density at radius 1 is 1.25 bits per heavy atom. The van der Waals surface area contributed by atoms with Crippen LogP contribution in [0.2, 0.25) is 0 Å². The number of furan rings is 1. The third kappa shape index (κ3) is 2.14. The van der Waals surface area contributed by atoms with Gasteiger partial charge in [0.25, 0.3) is 0 Å². The Morgan fingerprint density at radius 3 is 2.79 bits per heavy atom. The number of hydrogen-bond acceptors (Lipinski definition) is 4. The molecule has 3 aromatic heterocycles. The van der Waals surface area contributed by atoms with Gasteiger partial charge in [-0.3, -0.25) is 10.2 Å². The van der Waals surface area contributed by atoms with Crippen molar-refractivity contribution in [1.82, 2.24) is 14.3 Å². The summed E-state index contributed by atoms with van der Waals surface area (Å²) in [6.45, 7) is 2.03. The lowest BCUT2D eigenvalue weighted by Gasteiger charge is -2.37. The van der Waals surface area contributed by atoms with E-state index in [0.717, 1.165) is 22.5 Å². The Bertz CT molecular complexity index is 921. The summed E-state index contributed by atoms with van der Waals surface area (Å²) in [6, 6.07) is 5.87. The quantitative estimate of drug-likeness (QED) is 0.788. The molecule has 1 amide bonds. The number of nitrogens with zero attached hydrogens (tertiary/aromatic N) is 3. The molecule has 6 nitrogen and oxygen atoms in total. The van der Waals surface area contributed by atoms with Crippen molar-refractivity contribution in [2.45, 2.75) is 25.2 Å². The monoisotopic (exact) mass is 322 g/mol. The summed E-state index contributed by atoms with van der Waals surface area (Å²) in [5.41, 5.74) is 3.36. The van der Waals surface area contributed by atoms with Crippen LogP contribution >= 0.6 is 0 Å². The summed E-state index contributed by atoms with van der Waals surface area (Å²) in [5, 5.41) is 8.11. The van der Waals surface area contributed by atoms with Gasteiger partial charge in [-0.05, 0) is 18.2 Å². The van der Waals surface area contributed by atoms with Crippen LogP contribution in [0.1, 0.15) is 25.5 Å². The molecule has 4 heterocycles. The molecule has 0 saturated carbocycles. The second-order valence-corrected chi connectivity index (χ2v) is 6.62. The number of carbonyl (C=O) groups excluding carboxylic acids is 1. The molecule has 3 aromatic rings. The van der Waals surface area contributed by atoms with Gasteiger partial charge in [-0.15, -0.1) is 0 Å². The molecule has 0 unspecified atom stereocenters. The average Bonchev–Trinajstić information content (AvgIpc) is 3.21. The number of imidazole rings is 1. The van der Waals surface area contributed by atoms with E-state index in [9.17, 15) is 4.79 Å². The van der Waals surface area contributed by atoms with Gasteiger partial charge < -0.3 is 13.7 Å². The minimum atomic E-state index is -0.435. The molecule has 0 spiro atoms. The Balaban J connectivity index is 1.83. The Kier molecular flexibility index (Phi) is 3.09. The fourth-order valence-corrected chi connectivity index (χ4v) is 3.36. The molecule has 1 N–H and O–H groups in total. The zero-order valence-corrected chi connectivity index (χ0v) is 13.6. The standard InChI is InChI=1S/C18H18N4O2/c1-18(7-15(19)21(2)17(23)8-18)14-9-20-16-4-3-12(10-22(14)16)13-5-6-24-11-13/h3-6,9-11,19H,7-8H2,1-2H3/t18-/m0/s1. The summed E-state index contributed by atoms with van der Waals surface area (Å²) < 4.78 is 7.19. The van der Waals surface area contributed by atoms with Crippen molar-refractivity contribution in [2.24, 2.45) is 0 Å². The molecule has 122 valence electrons. The van der Waals surface area contributed by atoms with E-state index in [0.29, 0.717) is 18.7 Å². The topological polar surface area (TPSA) is 74.6 Å². The van der Waals surface area contributed by atoms with Gasteiger partial charge in [0.05, 0.1) is 12.5 Å². The number of nitrogens with one attached hydrogen (secondary N) is 1. The molecule has 0 bridgehead atoms. The number of pyridine rings is 1. The molecular formula is C18H18N4O2. The van der Waals surface area contributed by atoms with Crippen molar-refractivity contribution in [3.8, 4) is 11.1 Å². The second kappa shape index (κ2) is 5.06. The van der Waals surface area contributed by atoms with E-state index >= 15 is 0 Å². The molecule has 1 saturated heterocycles. The highest BCUT2D eigenvalue weighted by molar-refractivity contribution is 6.00. The van der Waals surface area contributed by atoms with E-state index in [2.05, 4.69) is 4.98 Å². The third-order valence-corrected chi connectivity index (χ3v) is 4.86. The first-order valence-electron chi connectivity index (χ1n) is 7.82. The Labute approximate surface area is 139 Å². The van der Waals surface area contributed by atoms with Gasteiger partial charge in [-0.2, -0.15) is 0 Å². The molecule has 0 radical (unpaired) electrons. The van der Waals surface area contributed by atoms with Gasteiger partial charge in [0, 0.05) is 54.5 Å². The van der Waals surface area contributed by atoms with Gasteiger partial charge in [-0.25, -0.2) is 4.98 Å². The van der Waals surface area contributed by atoms with E-state index < -0.39 is 5.41 Å². The number of fused-ring (bicyclic) bond motifs is 1. The van der Waals surface area contributed by atoms with Gasteiger partial charge in [0.15, 0.2) is 0 Å². The highest BCUT2D eigenvalue weighted by Gasteiger charge is 2.40. The van der Waals surface area contributed by atoms with E-state index in [4.69, 9.17) is 9.83 Å². The number of piperidine rings is 1. The summed E-state index contributed by atoms with van der Waals surface area (Å²) in [4.78, 5) is 18.2. The lowest BCUT2D eigenvalue weighted by molar-refractivity contribution is -0.129. The third-order valence-electron chi connectivity index (χ3n) is 4.86. The van der Waals surface area contributed by atoms with Crippen LogP contribution < -0.4 is 0 Å². The predicted octanol–water partition coefficient (Wildman–Crippen LogP) is 3.08. The molecule has 1 atom stereocenters. The van der Waals surface area contributed by atoms with E-state index in [1.54, 1.807) is 19.6 Å². The van der Waals surface area contributed by atoms with Crippen molar-refractivity contribution in [2.75, 3.05) is 7.05 Å². The van der Waals surface area contributed by atoms with E-state index in [1.807, 2.05) is 41.9 Å². The predicted molar refractivity (Wildman–Crippen MR) is 90.0 cm³/mol. The zero-order chi connectivity index (χ0) is 16.9. The van der Waals surface area contributed by atoms with Gasteiger partial charge >= 0.3 is 0 Å². The molecule has 0 aromatic carbocycles. The second-order valence-electron chi connectivity index (χ2n) is 6.62. The highest BCUT2D eigenvalue weighted by Crippen LogP contribution is 2.36. The van der Waals surface area contributed by atoms with Crippen LogP contribution in [-0.4, -0.2) is 33.1 Å². The smallest absolute Gasteiger partial charge is 0.228 e. The molecular weight excluding hydrogens is 304 g/mol. The minimum Gasteiger partial charge on any atom is -0.472 e. The highest BCUT2D eigenvalue weighted by atomic mass is 16.3. The molecule has 1 aliphatic heterocycles. The molecule has 1 fully saturated rings. The van der Waals surface area contributed by atoms with Crippen molar-refractivity contribution in [1.29, 1.82) is 5.41 Å². The number of carbonyl (C=O) groups is 1. The van der Waals surface area contributed by atoms with Crippen LogP contribution in [0.3, 0.4) is 0 Å². The summed E-state index contributed by atoms with van der Waals surface area (Å²) in [7, 11) is 1.66. The van der Waals surface area contributed by atoms with Crippen molar-refractivity contribution in [3.63, 3.8) is 0 Å². The Morgan fingerprint density at radius 2 is 2.08 bits per heavy atom. The fraction of sp³-hybridized carbons (Fsp3) is 0.278. The number of likely N-dealkylation sites (tertiary alicyclic amines) is 1. The number of aromatic nitrogens is 2. The normalized spacial score (nSPS) is 21.7. The summed E-state index contributed by atoms with van der Waals surface area (Å²) in [6.07, 6.45) is 8.07. The molecule has 24 heavy (non-hydrogen) atoms. The van der Waals surface area contributed by atoms with Gasteiger partial charge in [0.1, 0.15) is 11.5 Å². The summed E-state index contributed by atoms with van der Waals surface area (Å²) >= 11 is 0.